The van der Waals surface area contributed by atoms with Crippen molar-refractivity contribution in [3.63, 3.8) is 0 Å². The van der Waals surface area contributed by atoms with Gasteiger partial charge in [-0.05, 0) is 27.2 Å². The lowest BCUT2D eigenvalue weighted by molar-refractivity contribution is -0.148. The second-order valence-corrected chi connectivity index (χ2v) is 6.83. The van der Waals surface area contributed by atoms with Crippen molar-refractivity contribution in [2.75, 3.05) is 7.11 Å². The molecule has 114 valence electrons. The van der Waals surface area contributed by atoms with E-state index in [1.807, 2.05) is 27.8 Å². The molecule has 0 aliphatic heterocycles. The molecule has 0 saturated carbocycles. The van der Waals surface area contributed by atoms with Crippen LogP contribution in [0.25, 0.3) is 0 Å². The number of esters is 1. The van der Waals surface area contributed by atoms with Gasteiger partial charge in [0.2, 0.25) is 0 Å². The first-order valence-electron chi connectivity index (χ1n) is 6.65. The Labute approximate surface area is 124 Å². The molecule has 7 heteroatoms. The number of hydrogen-bond donors (Lipinski definition) is 1. The van der Waals surface area contributed by atoms with Crippen LogP contribution >= 0.6 is 11.8 Å². The number of hydrogen-bond acceptors (Lipinski definition) is 6. The molecule has 0 saturated heterocycles. The average Bonchev–Trinajstić information content (AvgIpc) is 2.72. The average molecular weight is 300 g/mol. The summed E-state index contributed by atoms with van der Waals surface area (Å²) in [6, 6.07) is 0.200. The summed E-state index contributed by atoms with van der Waals surface area (Å²) < 4.78 is 6.66. The van der Waals surface area contributed by atoms with Gasteiger partial charge in [0.25, 0.3) is 0 Å². The summed E-state index contributed by atoms with van der Waals surface area (Å²) in [4.78, 5) is 16.2. The Balaban J connectivity index is 2.74. The number of carbonyl (C=O) groups is 1. The lowest BCUT2D eigenvalue weighted by Gasteiger charge is -2.32. The van der Waals surface area contributed by atoms with Crippen molar-refractivity contribution in [1.82, 2.24) is 20.1 Å². The first-order chi connectivity index (χ1) is 9.28. The largest absolute Gasteiger partial charge is 0.468 e. The van der Waals surface area contributed by atoms with E-state index in [1.54, 1.807) is 16.4 Å². The Morgan fingerprint density at radius 3 is 2.65 bits per heavy atom. The molecule has 6 nitrogen and oxygen atoms in total. The molecule has 0 fully saturated rings. The number of carbonyl (C=O) groups excluding carboxylic acids is 1. The molecule has 0 aliphatic rings. The van der Waals surface area contributed by atoms with Crippen LogP contribution in [-0.2, 0) is 16.6 Å². The summed E-state index contributed by atoms with van der Waals surface area (Å²) in [5, 5.41) is 8.39. The first kappa shape index (κ1) is 17.0. The zero-order valence-electron chi connectivity index (χ0n) is 13.0. The van der Waals surface area contributed by atoms with E-state index in [2.05, 4.69) is 22.3 Å². The Bertz CT molecular complexity index is 449. The van der Waals surface area contributed by atoms with Crippen LogP contribution in [0, 0.1) is 0 Å². The molecule has 1 rings (SSSR count). The highest BCUT2D eigenvalue weighted by Crippen LogP contribution is 2.27. The van der Waals surface area contributed by atoms with Crippen LogP contribution < -0.4 is 5.32 Å². The van der Waals surface area contributed by atoms with Crippen molar-refractivity contribution in [3.8, 4) is 0 Å². The van der Waals surface area contributed by atoms with Crippen LogP contribution in [0.5, 0.6) is 0 Å². The molecule has 0 aliphatic carbocycles. The van der Waals surface area contributed by atoms with Gasteiger partial charge in [-0.25, -0.2) is 9.67 Å². The molecule has 1 aromatic rings. The van der Waals surface area contributed by atoms with Crippen LogP contribution in [0.4, 0.5) is 0 Å². The third-order valence-corrected chi connectivity index (χ3v) is 4.06. The monoisotopic (exact) mass is 300 g/mol. The summed E-state index contributed by atoms with van der Waals surface area (Å²) in [7, 11) is 3.27. The molecule has 1 N–H and O–H groups in total. The van der Waals surface area contributed by atoms with Gasteiger partial charge in [-0.2, -0.15) is 5.10 Å². The van der Waals surface area contributed by atoms with E-state index in [-0.39, 0.29) is 17.3 Å². The maximum atomic E-state index is 12.0. The van der Waals surface area contributed by atoms with Crippen LogP contribution in [0.1, 0.15) is 34.1 Å². The lowest BCUT2D eigenvalue weighted by atomic mass is 9.95. The van der Waals surface area contributed by atoms with E-state index < -0.39 is 5.54 Å². The zero-order valence-corrected chi connectivity index (χ0v) is 13.8. The Morgan fingerprint density at radius 1 is 1.55 bits per heavy atom. The molecular formula is C13H24N4O2S. The van der Waals surface area contributed by atoms with Gasteiger partial charge in [0.15, 0.2) is 5.16 Å². The normalized spacial score (nSPS) is 15.9. The van der Waals surface area contributed by atoms with Crippen LogP contribution in [0.3, 0.4) is 0 Å². The quantitative estimate of drug-likeness (QED) is 0.609. The Morgan fingerprint density at radius 2 is 2.20 bits per heavy atom. The van der Waals surface area contributed by atoms with E-state index in [4.69, 9.17) is 4.74 Å². The number of methoxy groups -OCH3 is 1. The molecule has 0 spiro atoms. The summed E-state index contributed by atoms with van der Waals surface area (Å²) in [5.41, 5.74) is -0.700. The molecule has 0 amide bonds. The molecular weight excluding hydrogens is 276 g/mol. The fraction of sp³-hybridized carbons (Fsp3) is 0.769. The van der Waals surface area contributed by atoms with Gasteiger partial charge in [0.1, 0.15) is 11.9 Å². The number of ether oxygens (including phenoxy) is 1. The molecule has 1 aromatic heterocycles. The predicted molar refractivity (Wildman–Crippen MR) is 79.6 cm³/mol. The van der Waals surface area contributed by atoms with Gasteiger partial charge < -0.3 is 4.74 Å². The van der Waals surface area contributed by atoms with Crippen molar-refractivity contribution >= 4 is 17.7 Å². The van der Waals surface area contributed by atoms with Crippen molar-refractivity contribution in [2.24, 2.45) is 7.05 Å². The van der Waals surface area contributed by atoms with E-state index in [0.717, 1.165) is 5.16 Å². The van der Waals surface area contributed by atoms with Gasteiger partial charge in [-0.3, -0.25) is 10.1 Å². The summed E-state index contributed by atoms with van der Waals surface area (Å²) in [6.45, 7) is 7.98. The number of aromatic nitrogens is 3. The molecule has 2 unspecified atom stereocenters. The molecule has 0 aromatic carbocycles. The van der Waals surface area contributed by atoms with Crippen LogP contribution in [0.15, 0.2) is 11.5 Å². The zero-order chi connectivity index (χ0) is 15.3. The highest BCUT2D eigenvalue weighted by molar-refractivity contribution is 7.99. The number of nitrogens with one attached hydrogen (secondary N) is 1. The maximum Gasteiger partial charge on any atom is 0.325 e. The lowest BCUT2D eigenvalue weighted by Crippen LogP contribution is -2.54. The number of nitrogens with zero attached hydrogens (tertiary/aromatic N) is 3. The number of aryl methyl sites for hydroxylation is 1. The van der Waals surface area contributed by atoms with Gasteiger partial charge in [-0.1, -0.05) is 18.7 Å². The molecule has 0 radical (unpaired) electrons. The van der Waals surface area contributed by atoms with Crippen LogP contribution in [0.2, 0.25) is 0 Å². The number of rotatable bonds is 7. The fourth-order valence-corrected chi connectivity index (χ4v) is 3.34. The topological polar surface area (TPSA) is 69.0 Å². The molecule has 0 bridgehead atoms. The van der Waals surface area contributed by atoms with Crippen LogP contribution in [-0.4, -0.2) is 44.7 Å². The Kier molecular flexibility index (Phi) is 6.01. The van der Waals surface area contributed by atoms with E-state index in [9.17, 15) is 4.79 Å². The van der Waals surface area contributed by atoms with Gasteiger partial charge >= 0.3 is 5.97 Å². The van der Waals surface area contributed by atoms with Gasteiger partial charge in [-0.15, -0.1) is 0 Å². The first-order valence-corrected chi connectivity index (χ1v) is 7.53. The van der Waals surface area contributed by atoms with Crippen molar-refractivity contribution in [3.05, 3.63) is 6.33 Å². The molecule has 2 atom stereocenters. The highest BCUT2D eigenvalue weighted by atomic mass is 32.2. The minimum absolute atomic E-state index is 0.200. The van der Waals surface area contributed by atoms with E-state index in [1.165, 1.54) is 13.4 Å². The predicted octanol–water partition coefficient (Wildman–Crippen LogP) is 1.62. The standard InChI is InChI=1S/C13H24N4O2S/c1-9(2)16-13(4,11(18)19-6)7-10(3)20-12-14-8-15-17(12)5/h8-10,16H,7H2,1-6H3. The third kappa shape index (κ3) is 4.49. The third-order valence-electron chi connectivity index (χ3n) is 2.92. The molecule has 1 heterocycles. The van der Waals surface area contributed by atoms with E-state index in [0.29, 0.717) is 6.42 Å². The van der Waals surface area contributed by atoms with Crippen molar-refractivity contribution < 1.29 is 9.53 Å². The second kappa shape index (κ2) is 7.08. The SMILES string of the molecule is COC(=O)C(C)(CC(C)Sc1ncnn1C)NC(C)C. The summed E-state index contributed by atoms with van der Waals surface area (Å²) >= 11 is 1.60. The fourth-order valence-electron chi connectivity index (χ4n) is 2.25. The summed E-state index contributed by atoms with van der Waals surface area (Å²) in [5.74, 6) is -0.239. The second-order valence-electron chi connectivity index (χ2n) is 5.42. The Hall–Kier alpha value is -1.08. The van der Waals surface area contributed by atoms with Gasteiger partial charge in [0, 0.05) is 18.3 Å². The highest BCUT2D eigenvalue weighted by Gasteiger charge is 2.36. The smallest absolute Gasteiger partial charge is 0.325 e. The minimum Gasteiger partial charge on any atom is -0.468 e. The van der Waals surface area contributed by atoms with Gasteiger partial charge in [0.05, 0.1) is 7.11 Å². The number of thioether (sulfide) groups is 1. The minimum atomic E-state index is -0.700. The van der Waals surface area contributed by atoms with Crippen molar-refractivity contribution in [2.45, 2.75) is 56.1 Å². The summed E-state index contributed by atoms with van der Waals surface area (Å²) in [6.07, 6.45) is 2.18. The maximum absolute atomic E-state index is 12.0. The van der Waals surface area contributed by atoms with Crippen molar-refractivity contribution in [1.29, 1.82) is 0 Å². The molecule has 20 heavy (non-hydrogen) atoms. The van der Waals surface area contributed by atoms with E-state index >= 15 is 0 Å².